The maximum atomic E-state index is 6.93. The van der Waals surface area contributed by atoms with Crippen molar-refractivity contribution in [3.8, 4) is 50.7 Å². The van der Waals surface area contributed by atoms with Gasteiger partial charge in [-0.3, -0.25) is 8.97 Å². The van der Waals surface area contributed by atoms with Crippen molar-refractivity contribution in [3.05, 3.63) is 253 Å². The maximum Gasteiger partial charge on any atom is 0.221 e. The number of hydrogen-bond donors (Lipinski definition) is 0. The number of fused-ring (bicyclic) bond motifs is 9. The molecule has 74 heavy (non-hydrogen) atoms. The van der Waals surface area contributed by atoms with Gasteiger partial charge in [-0.15, -0.1) is 0 Å². The SMILES string of the molecule is CC(C)(C)c1cc(-c2ccccc2)c(N2CN(c3cccc(Oc4ccc5c(c4)n(-c4cc(C6(C)c7ccccc7-c7ccccc76)ccn4)c4nc6ccccc6n54)c3)c3ccccc32)c(-c2ccccc2)c1. The van der Waals surface area contributed by atoms with Gasteiger partial charge in [0.2, 0.25) is 5.78 Å². The summed E-state index contributed by atoms with van der Waals surface area (Å²) in [7, 11) is 0. The molecule has 9 aromatic carbocycles. The van der Waals surface area contributed by atoms with E-state index >= 15 is 0 Å². The number of aromatic nitrogens is 4. The Kier molecular flexibility index (Phi) is 9.83. The Morgan fingerprint density at radius 2 is 1.11 bits per heavy atom. The minimum atomic E-state index is -0.387. The van der Waals surface area contributed by atoms with E-state index in [2.05, 4.69) is 259 Å². The summed E-state index contributed by atoms with van der Waals surface area (Å²) in [5.74, 6) is 3.03. The van der Waals surface area contributed by atoms with Gasteiger partial charge in [0.25, 0.3) is 0 Å². The molecule has 4 heterocycles. The van der Waals surface area contributed by atoms with E-state index in [4.69, 9.17) is 14.7 Å². The summed E-state index contributed by atoms with van der Waals surface area (Å²) in [5.41, 5.74) is 20.3. The van der Waals surface area contributed by atoms with Crippen LogP contribution in [0, 0.1) is 0 Å². The van der Waals surface area contributed by atoms with Gasteiger partial charge in [-0.1, -0.05) is 160 Å². The summed E-state index contributed by atoms with van der Waals surface area (Å²) in [6, 6.07) is 80.4. The summed E-state index contributed by atoms with van der Waals surface area (Å²) >= 11 is 0. The summed E-state index contributed by atoms with van der Waals surface area (Å²) in [6.45, 7) is 9.85. The fourth-order valence-corrected chi connectivity index (χ4v) is 11.8. The zero-order valence-electron chi connectivity index (χ0n) is 41.7. The average molecular weight is 957 g/mol. The van der Waals surface area contributed by atoms with Crippen molar-refractivity contribution in [1.82, 2.24) is 18.9 Å². The van der Waals surface area contributed by atoms with Gasteiger partial charge in [-0.25, -0.2) is 9.97 Å². The van der Waals surface area contributed by atoms with Crippen LogP contribution in [-0.4, -0.2) is 25.6 Å². The molecule has 7 nitrogen and oxygen atoms in total. The van der Waals surface area contributed by atoms with Crippen LogP contribution in [0.25, 0.3) is 67.0 Å². The summed E-state index contributed by atoms with van der Waals surface area (Å²) in [6.07, 6.45) is 1.94. The average Bonchev–Trinajstić information content (AvgIpc) is 4.18. The Hall–Kier alpha value is -9.20. The zero-order chi connectivity index (χ0) is 49.7. The smallest absolute Gasteiger partial charge is 0.221 e. The van der Waals surface area contributed by atoms with Gasteiger partial charge in [0.05, 0.1) is 39.1 Å². The maximum absolute atomic E-state index is 6.93. The van der Waals surface area contributed by atoms with E-state index in [0.29, 0.717) is 12.4 Å². The molecule has 1 aliphatic heterocycles. The first-order valence-corrected chi connectivity index (χ1v) is 25.5. The number of benzene rings is 9. The lowest BCUT2D eigenvalue weighted by molar-refractivity contribution is 0.483. The molecule has 7 heteroatoms. The van der Waals surface area contributed by atoms with Crippen LogP contribution in [0.2, 0.25) is 0 Å². The number of rotatable bonds is 8. The van der Waals surface area contributed by atoms with Crippen LogP contribution in [-0.2, 0) is 10.8 Å². The highest BCUT2D eigenvalue weighted by Crippen LogP contribution is 2.54. The monoisotopic (exact) mass is 956 g/mol. The van der Waals surface area contributed by atoms with Crippen LogP contribution in [0.4, 0.5) is 22.7 Å². The molecule has 12 aromatic rings. The molecule has 0 fully saturated rings. The molecule has 3 aromatic heterocycles. The van der Waals surface area contributed by atoms with Gasteiger partial charge in [-0.05, 0) is 130 Å². The van der Waals surface area contributed by atoms with Crippen molar-refractivity contribution in [3.63, 3.8) is 0 Å². The second-order valence-corrected chi connectivity index (χ2v) is 20.8. The third-order valence-electron chi connectivity index (χ3n) is 15.5. The van der Waals surface area contributed by atoms with Crippen LogP contribution in [0.3, 0.4) is 0 Å². The van der Waals surface area contributed by atoms with E-state index in [1.54, 1.807) is 0 Å². The van der Waals surface area contributed by atoms with Crippen molar-refractivity contribution >= 4 is 50.6 Å². The molecule has 0 unspecified atom stereocenters. The van der Waals surface area contributed by atoms with E-state index in [0.717, 1.165) is 62.0 Å². The minimum Gasteiger partial charge on any atom is -0.457 e. The summed E-state index contributed by atoms with van der Waals surface area (Å²) < 4.78 is 11.4. The molecule has 2 aliphatic rings. The Balaban J connectivity index is 0.862. The van der Waals surface area contributed by atoms with Gasteiger partial charge in [0.15, 0.2) is 0 Å². The van der Waals surface area contributed by atoms with Gasteiger partial charge in [-0.2, -0.15) is 0 Å². The molecular formula is C67H52N6O. The quantitative estimate of drug-likeness (QED) is 0.152. The standard InChI is InChI=1S/C67H52N6O/c1-66(2,3)47-38-53(44-20-7-5-8-21-44)64(54(39-47)45-22-9-6-10-23-45)71-43-70(59-32-17-18-33-60(59)71)48-24-19-25-49(41-48)74-50-34-35-61-62(42-50)73(65-69-57-30-15-16-31-58(57)72(61)65)63-40-46(36-37-68-63)67(4)55-28-13-11-26-51(55)52-27-12-14-29-56(52)67/h5-42H,43H2,1-4H3. The summed E-state index contributed by atoms with van der Waals surface area (Å²) in [4.78, 5) is 15.3. The molecule has 0 saturated carbocycles. The lowest BCUT2D eigenvalue weighted by Gasteiger charge is -2.30. The molecule has 0 saturated heterocycles. The third kappa shape index (κ3) is 6.80. The van der Waals surface area contributed by atoms with Crippen LogP contribution in [0.1, 0.15) is 49.9 Å². The van der Waals surface area contributed by atoms with E-state index in [9.17, 15) is 0 Å². The number of pyridine rings is 1. The largest absolute Gasteiger partial charge is 0.457 e. The molecule has 0 spiro atoms. The summed E-state index contributed by atoms with van der Waals surface area (Å²) in [5, 5.41) is 0. The van der Waals surface area contributed by atoms with Gasteiger partial charge < -0.3 is 14.5 Å². The van der Waals surface area contributed by atoms with Crippen molar-refractivity contribution in [2.24, 2.45) is 0 Å². The van der Waals surface area contributed by atoms with Gasteiger partial charge >= 0.3 is 0 Å². The molecule has 0 amide bonds. The lowest BCUT2D eigenvalue weighted by atomic mass is 9.74. The van der Waals surface area contributed by atoms with E-state index in [-0.39, 0.29) is 10.8 Å². The van der Waals surface area contributed by atoms with Crippen LogP contribution >= 0.6 is 0 Å². The zero-order valence-corrected chi connectivity index (χ0v) is 41.7. The molecule has 0 N–H and O–H groups in total. The van der Waals surface area contributed by atoms with Crippen molar-refractivity contribution in [2.45, 2.75) is 38.5 Å². The first-order chi connectivity index (χ1) is 36.2. The third-order valence-corrected chi connectivity index (χ3v) is 15.5. The number of hydrogen-bond acceptors (Lipinski definition) is 5. The number of ether oxygens (including phenoxy) is 1. The van der Waals surface area contributed by atoms with E-state index in [1.807, 2.05) is 18.3 Å². The second kappa shape index (κ2) is 16.7. The highest BCUT2D eigenvalue weighted by molar-refractivity contribution is 5.99. The number of imidazole rings is 2. The second-order valence-electron chi connectivity index (χ2n) is 20.8. The number of para-hydroxylation sites is 4. The first-order valence-electron chi connectivity index (χ1n) is 25.5. The van der Waals surface area contributed by atoms with Gasteiger partial charge in [0, 0.05) is 40.6 Å². The fraction of sp³-hybridized carbons (Fsp3) is 0.104. The van der Waals surface area contributed by atoms with Crippen molar-refractivity contribution in [1.29, 1.82) is 0 Å². The molecule has 0 radical (unpaired) electrons. The van der Waals surface area contributed by atoms with Crippen molar-refractivity contribution in [2.75, 3.05) is 16.5 Å². The van der Waals surface area contributed by atoms with E-state index < -0.39 is 0 Å². The molecule has 14 rings (SSSR count). The normalized spacial score (nSPS) is 13.7. The molecule has 0 atom stereocenters. The van der Waals surface area contributed by atoms with Gasteiger partial charge in [0.1, 0.15) is 24.0 Å². The number of nitrogens with zero attached hydrogens (tertiary/aromatic N) is 6. The predicted octanol–water partition coefficient (Wildman–Crippen LogP) is 16.8. The Morgan fingerprint density at radius 3 is 1.80 bits per heavy atom. The number of anilines is 4. The van der Waals surface area contributed by atoms with Crippen LogP contribution < -0.4 is 14.5 Å². The van der Waals surface area contributed by atoms with Crippen molar-refractivity contribution < 1.29 is 4.74 Å². The molecule has 0 bridgehead atoms. The van der Waals surface area contributed by atoms with Crippen LogP contribution in [0.15, 0.2) is 231 Å². The van der Waals surface area contributed by atoms with E-state index in [1.165, 1.54) is 55.8 Å². The molecule has 356 valence electrons. The van der Waals surface area contributed by atoms with Crippen LogP contribution in [0.5, 0.6) is 11.5 Å². The topological polar surface area (TPSA) is 50.8 Å². The molecule has 1 aliphatic carbocycles. The fourth-order valence-electron chi connectivity index (χ4n) is 11.8. The minimum absolute atomic E-state index is 0.0647. The predicted molar refractivity (Wildman–Crippen MR) is 303 cm³/mol. The Labute approximate surface area is 430 Å². The first kappa shape index (κ1) is 43.6. The molecular weight excluding hydrogens is 905 g/mol. The Bertz CT molecular complexity index is 4060. The highest BCUT2D eigenvalue weighted by Gasteiger charge is 2.41. The highest BCUT2D eigenvalue weighted by atomic mass is 16.5. The lowest BCUT2D eigenvalue weighted by Crippen LogP contribution is -2.25. The Morgan fingerprint density at radius 1 is 0.500 bits per heavy atom.